The number of halogens is 1. The third-order valence-electron chi connectivity index (χ3n) is 6.65. The Bertz CT molecular complexity index is 871. The van der Waals surface area contributed by atoms with E-state index in [2.05, 4.69) is 36.9 Å². The minimum atomic E-state index is -0.218. The molecule has 148 valence electrons. The van der Waals surface area contributed by atoms with Gasteiger partial charge in [-0.15, -0.1) is 0 Å². The maximum absolute atomic E-state index is 14.2. The number of hydrogen-bond donors (Lipinski definition) is 0. The van der Waals surface area contributed by atoms with Gasteiger partial charge in [0.25, 0.3) is 0 Å². The van der Waals surface area contributed by atoms with Crippen molar-refractivity contribution in [1.29, 1.82) is 0 Å². The Hall–Kier alpha value is -2.20. The molecule has 0 bridgehead atoms. The minimum Gasteiger partial charge on any atom is -0.332 e. The van der Waals surface area contributed by atoms with E-state index in [1.54, 1.807) is 12.1 Å². The van der Waals surface area contributed by atoms with Gasteiger partial charge in [0.2, 0.25) is 5.91 Å². The molecule has 1 spiro atoms. The molecule has 4 rings (SSSR count). The third kappa shape index (κ3) is 3.70. The summed E-state index contributed by atoms with van der Waals surface area (Å²) in [5.41, 5.74) is 4.54. The van der Waals surface area contributed by atoms with Gasteiger partial charge in [-0.1, -0.05) is 42.0 Å². The SMILES string of the molecule is Cc1ccc(C)c(CN2CCC3(CCC(=O)N3Cc3ccccc3F)CC2)c1. The number of likely N-dealkylation sites (tertiary alicyclic amines) is 2. The van der Waals surface area contributed by atoms with Gasteiger partial charge in [-0.3, -0.25) is 9.69 Å². The van der Waals surface area contributed by atoms with Crippen molar-refractivity contribution >= 4 is 5.91 Å². The number of rotatable bonds is 4. The number of carbonyl (C=O) groups excluding carboxylic acids is 1. The van der Waals surface area contributed by atoms with Crippen LogP contribution in [-0.4, -0.2) is 34.3 Å². The van der Waals surface area contributed by atoms with Crippen LogP contribution in [0.4, 0.5) is 4.39 Å². The second kappa shape index (κ2) is 7.67. The summed E-state index contributed by atoms with van der Waals surface area (Å²) in [7, 11) is 0. The topological polar surface area (TPSA) is 23.6 Å². The van der Waals surface area contributed by atoms with Gasteiger partial charge in [-0.05, 0) is 50.3 Å². The van der Waals surface area contributed by atoms with Crippen molar-refractivity contribution in [2.24, 2.45) is 0 Å². The molecule has 0 atom stereocenters. The number of hydrogen-bond acceptors (Lipinski definition) is 2. The highest BCUT2D eigenvalue weighted by atomic mass is 19.1. The molecule has 3 nitrogen and oxygen atoms in total. The minimum absolute atomic E-state index is 0.0997. The highest BCUT2D eigenvalue weighted by molar-refractivity contribution is 5.79. The first kappa shape index (κ1) is 19.1. The average molecular weight is 381 g/mol. The van der Waals surface area contributed by atoms with Crippen LogP contribution in [0.25, 0.3) is 0 Å². The van der Waals surface area contributed by atoms with E-state index in [1.165, 1.54) is 22.8 Å². The number of carbonyl (C=O) groups is 1. The van der Waals surface area contributed by atoms with Gasteiger partial charge < -0.3 is 4.90 Å². The van der Waals surface area contributed by atoms with Gasteiger partial charge in [-0.2, -0.15) is 0 Å². The smallest absolute Gasteiger partial charge is 0.223 e. The highest BCUT2D eigenvalue weighted by Crippen LogP contribution is 2.40. The number of amides is 1. The Kier molecular flexibility index (Phi) is 5.24. The highest BCUT2D eigenvalue weighted by Gasteiger charge is 2.46. The molecular weight excluding hydrogens is 351 g/mol. The molecule has 2 aliphatic heterocycles. The summed E-state index contributed by atoms with van der Waals surface area (Å²) < 4.78 is 14.2. The average Bonchev–Trinajstić information content (AvgIpc) is 2.98. The fourth-order valence-corrected chi connectivity index (χ4v) is 4.79. The van der Waals surface area contributed by atoms with Gasteiger partial charge in [-0.25, -0.2) is 4.39 Å². The Morgan fingerprint density at radius 1 is 0.964 bits per heavy atom. The van der Waals surface area contributed by atoms with Crippen LogP contribution in [0.5, 0.6) is 0 Å². The zero-order valence-electron chi connectivity index (χ0n) is 16.9. The third-order valence-corrected chi connectivity index (χ3v) is 6.65. The van der Waals surface area contributed by atoms with Crippen molar-refractivity contribution < 1.29 is 9.18 Å². The van der Waals surface area contributed by atoms with Crippen LogP contribution >= 0.6 is 0 Å². The number of nitrogens with zero attached hydrogens (tertiary/aromatic N) is 2. The van der Waals surface area contributed by atoms with E-state index in [-0.39, 0.29) is 17.3 Å². The number of benzene rings is 2. The normalized spacial score (nSPS) is 19.5. The van der Waals surface area contributed by atoms with E-state index in [1.807, 2.05) is 11.0 Å². The van der Waals surface area contributed by atoms with Crippen LogP contribution in [0.3, 0.4) is 0 Å². The Morgan fingerprint density at radius 3 is 2.46 bits per heavy atom. The monoisotopic (exact) mass is 380 g/mol. The summed E-state index contributed by atoms with van der Waals surface area (Å²) in [5, 5.41) is 0. The molecule has 2 heterocycles. The lowest BCUT2D eigenvalue weighted by Crippen LogP contribution is -2.52. The summed E-state index contributed by atoms with van der Waals surface area (Å²) in [4.78, 5) is 17.1. The number of piperidine rings is 1. The lowest BCUT2D eigenvalue weighted by Gasteiger charge is -2.45. The zero-order chi connectivity index (χ0) is 19.7. The molecule has 0 radical (unpaired) electrons. The molecule has 2 aromatic rings. The maximum atomic E-state index is 14.2. The molecule has 28 heavy (non-hydrogen) atoms. The van der Waals surface area contributed by atoms with Crippen molar-refractivity contribution in [2.75, 3.05) is 13.1 Å². The van der Waals surface area contributed by atoms with Gasteiger partial charge in [0.1, 0.15) is 5.82 Å². The summed E-state index contributed by atoms with van der Waals surface area (Å²) in [6.07, 6.45) is 3.43. The van der Waals surface area contributed by atoms with Gasteiger partial charge in [0.15, 0.2) is 0 Å². The van der Waals surface area contributed by atoms with Crippen molar-refractivity contribution in [3.8, 4) is 0 Å². The fraction of sp³-hybridized carbons (Fsp3) is 0.458. The first-order valence-corrected chi connectivity index (χ1v) is 10.3. The molecular formula is C24H29FN2O. The Balaban J connectivity index is 1.45. The summed E-state index contributed by atoms with van der Waals surface area (Å²) in [5.74, 6) is -0.0454. The van der Waals surface area contributed by atoms with Crippen molar-refractivity contribution in [1.82, 2.24) is 9.80 Å². The van der Waals surface area contributed by atoms with Crippen LogP contribution in [0.1, 0.15) is 47.9 Å². The molecule has 0 aliphatic carbocycles. The molecule has 2 saturated heterocycles. The van der Waals surface area contributed by atoms with E-state index in [4.69, 9.17) is 0 Å². The first-order chi connectivity index (χ1) is 13.5. The predicted octanol–water partition coefficient (Wildman–Crippen LogP) is 4.60. The molecule has 1 amide bonds. The first-order valence-electron chi connectivity index (χ1n) is 10.3. The quantitative estimate of drug-likeness (QED) is 0.774. The lowest BCUT2D eigenvalue weighted by atomic mass is 9.84. The van der Waals surface area contributed by atoms with E-state index in [0.29, 0.717) is 18.5 Å². The summed E-state index contributed by atoms with van der Waals surface area (Å²) in [6, 6.07) is 13.5. The maximum Gasteiger partial charge on any atom is 0.223 e. The van der Waals surface area contributed by atoms with E-state index < -0.39 is 0 Å². The van der Waals surface area contributed by atoms with Crippen LogP contribution in [0.2, 0.25) is 0 Å². The van der Waals surface area contributed by atoms with E-state index in [9.17, 15) is 9.18 Å². The number of aryl methyl sites for hydroxylation is 2. The van der Waals surface area contributed by atoms with Crippen molar-refractivity contribution in [3.63, 3.8) is 0 Å². The molecule has 4 heteroatoms. The zero-order valence-corrected chi connectivity index (χ0v) is 16.9. The van der Waals surface area contributed by atoms with E-state index in [0.717, 1.165) is 38.9 Å². The van der Waals surface area contributed by atoms with Crippen LogP contribution < -0.4 is 0 Å². The van der Waals surface area contributed by atoms with E-state index >= 15 is 0 Å². The predicted molar refractivity (Wildman–Crippen MR) is 109 cm³/mol. The van der Waals surface area contributed by atoms with Crippen LogP contribution in [0.15, 0.2) is 42.5 Å². The fourth-order valence-electron chi connectivity index (χ4n) is 4.79. The largest absolute Gasteiger partial charge is 0.332 e. The molecule has 2 aliphatic rings. The Labute approximate surface area is 167 Å². The molecule has 0 aromatic heterocycles. The molecule has 0 saturated carbocycles. The van der Waals surface area contributed by atoms with Gasteiger partial charge >= 0.3 is 0 Å². The van der Waals surface area contributed by atoms with Crippen molar-refractivity contribution in [2.45, 2.75) is 58.2 Å². The molecule has 2 aromatic carbocycles. The second-order valence-corrected chi connectivity index (χ2v) is 8.50. The van der Waals surface area contributed by atoms with Crippen LogP contribution in [-0.2, 0) is 17.9 Å². The summed E-state index contributed by atoms with van der Waals surface area (Å²) >= 11 is 0. The Morgan fingerprint density at radius 2 is 1.71 bits per heavy atom. The standard InChI is InChI=1S/C24H29FN2O/c1-18-7-8-19(2)21(15-18)16-26-13-11-24(12-14-26)10-9-23(28)27(24)17-20-5-3-4-6-22(20)25/h3-8,15H,9-14,16-17H2,1-2H3. The molecule has 2 fully saturated rings. The van der Waals surface area contributed by atoms with Crippen LogP contribution in [0, 0.1) is 19.7 Å². The summed E-state index contributed by atoms with van der Waals surface area (Å²) in [6.45, 7) is 7.63. The van der Waals surface area contributed by atoms with Crippen molar-refractivity contribution in [3.05, 3.63) is 70.5 Å². The molecule has 0 unspecified atom stereocenters. The van der Waals surface area contributed by atoms with Gasteiger partial charge in [0, 0.05) is 43.7 Å². The lowest BCUT2D eigenvalue weighted by molar-refractivity contribution is -0.133. The molecule has 0 N–H and O–H groups in total. The van der Waals surface area contributed by atoms with Gasteiger partial charge in [0.05, 0.1) is 0 Å². The second-order valence-electron chi connectivity index (χ2n) is 8.50.